The highest BCUT2D eigenvalue weighted by Gasteiger charge is 2.15. The summed E-state index contributed by atoms with van der Waals surface area (Å²) in [5, 5.41) is 19.6. The third-order valence-electron chi connectivity index (χ3n) is 4.35. The van der Waals surface area contributed by atoms with E-state index in [0.717, 1.165) is 22.8 Å². The lowest BCUT2D eigenvalue weighted by Gasteiger charge is -2.08. The van der Waals surface area contributed by atoms with Crippen LogP contribution >= 0.6 is 11.8 Å². The lowest BCUT2D eigenvalue weighted by molar-refractivity contribution is -0.113. The molecule has 8 nitrogen and oxygen atoms in total. The molecule has 0 aliphatic rings. The number of benzene rings is 1. The van der Waals surface area contributed by atoms with Crippen LogP contribution in [0.15, 0.2) is 29.4 Å². The Balaban J connectivity index is 1.67. The summed E-state index contributed by atoms with van der Waals surface area (Å²) in [6.07, 6.45) is 0. The molecule has 0 aliphatic heterocycles. The van der Waals surface area contributed by atoms with Gasteiger partial charge in [-0.1, -0.05) is 37.7 Å². The molecular formula is C18H23N7OS. The minimum Gasteiger partial charge on any atom is -0.322 e. The number of rotatable bonds is 6. The molecule has 1 aromatic carbocycles. The number of nitrogens with zero attached hydrogens (tertiary/aromatic N) is 6. The summed E-state index contributed by atoms with van der Waals surface area (Å²) in [6, 6.07) is 8.10. The second-order valence-electron chi connectivity index (χ2n) is 6.63. The smallest absolute Gasteiger partial charge is 0.234 e. The molecule has 0 bridgehead atoms. The van der Waals surface area contributed by atoms with E-state index in [1.165, 1.54) is 17.3 Å². The second-order valence-corrected chi connectivity index (χ2v) is 7.57. The topological polar surface area (TPSA) is 90.5 Å². The Morgan fingerprint density at radius 1 is 1.22 bits per heavy atom. The molecule has 0 fully saturated rings. The Bertz CT molecular complexity index is 943. The van der Waals surface area contributed by atoms with E-state index in [2.05, 4.69) is 51.9 Å². The largest absolute Gasteiger partial charge is 0.322 e. The highest BCUT2D eigenvalue weighted by molar-refractivity contribution is 7.99. The van der Waals surface area contributed by atoms with Gasteiger partial charge in [0.25, 0.3) is 0 Å². The maximum absolute atomic E-state index is 12.3. The van der Waals surface area contributed by atoms with Crippen molar-refractivity contribution in [3.8, 4) is 5.69 Å². The molecule has 3 rings (SSSR count). The predicted molar refractivity (Wildman–Crippen MR) is 105 cm³/mol. The van der Waals surface area contributed by atoms with Gasteiger partial charge in [0.1, 0.15) is 0 Å². The zero-order valence-electron chi connectivity index (χ0n) is 16.1. The van der Waals surface area contributed by atoms with Crippen molar-refractivity contribution in [2.24, 2.45) is 7.05 Å². The fraction of sp³-hybridized carbons (Fsp3) is 0.389. The molecule has 2 heterocycles. The second kappa shape index (κ2) is 7.91. The molecule has 0 spiro atoms. The van der Waals surface area contributed by atoms with Gasteiger partial charge in [-0.3, -0.25) is 9.48 Å². The van der Waals surface area contributed by atoms with Gasteiger partial charge in [0.05, 0.1) is 28.5 Å². The summed E-state index contributed by atoms with van der Waals surface area (Å²) in [5.41, 5.74) is 4.59. The molecule has 0 aliphatic carbocycles. The van der Waals surface area contributed by atoms with Crippen molar-refractivity contribution >= 4 is 23.4 Å². The monoisotopic (exact) mass is 385 g/mol. The number of nitrogens with one attached hydrogen (secondary N) is 1. The summed E-state index contributed by atoms with van der Waals surface area (Å²) in [7, 11) is 1.85. The van der Waals surface area contributed by atoms with Gasteiger partial charge in [-0.25, -0.2) is 0 Å². The lowest BCUT2D eigenvalue weighted by Crippen LogP contribution is -2.15. The third kappa shape index (κ3) is 4.19. The van der Waals surface area contributed by atoms with Crippen molar-refractivity contribution in [3.63, 3.8) is 0 Å². The van der Waals surface area contributed by atoms with Gasteiger partial charge < -0.3 is 5.32 Å². The summed E-state index contributed by atoms with van der Waals surface area (Å²) in [6.45, 7) is 8.09. The zero-order valence-corrected chi connectivity index (χ0v) is 16.9. The van der Waals surface area contributed by atoms with Gasteiger partial charge in [-0.05, 0) is 47.9 Å². The average molecular weight is 385 g/mol. The van der Waals surface area contributed by atoms with Crippen molar-refractivity contribution in [3.05, 3.63) is 41.2 Å². The van der Waals surface area contributed by atoms with Crippen molar-refractivity contribution in [2.45, 2.75) is 38.8 Å². The van der Waals surface area contributed by atoms with Gasteiger partial charge in [0, 0.05) is 7.05 Å². The van der Waals surface area contributed by atoms with E-state index in [1.54, 1.807) is 9.36 Å². The summed E-state index contributed by atoms with van der Waals surface area (Å²) < 4.78 is 3.39. The van der Waals surface area contributed by atoms with Crippen LogP contribution in [0.3, 0.4) is 0 Å². The SMILES string of the molecule is Cc1nn(C)c(C)c1NC(=O)CSc1nnnn1-c1ccc(C(C)C)cc1. The number of anilines is 1. The Morgan fingerprint density at radius 3 is 2.52 bits per heavy atom. The molecule has 2 aromatic heterocycles. The molecule has 9 heteroatoms. The Morgan fingerprint density at radius 2 is 1.93 bits per heavy atom. The third-order valence-corrected chi connectivity index (χ3v) is 5.27. The highest BCUT2D eigenvalue weighted by atomic mass is 32.2. The van der Waals surface area contributed by atoms with Crippen LogP contribution in [0.5, 0.6) is 0 Å². The Kier molecular flexibility index (Phi) is 5.59. The van der Waals surface area contributed by atoms with Gasteiger partial charge >= 0.3 is 0 Å². The van der Waals surface area contributed by atoms with E-state index >= 15 is 0 Å². The van der Waals surface area contributed by atoms with Crippen molar-refractivity contribution in [1.82, 2.24) is 30.0 Å². The van der Waals surface area contributed by atoms with Crippen LogP contribution in [0.4, 0.5) is 5.69 Å². The molecule has 0 saturated heterocycles. The maximum Gasteiger partial charge on any atom is 0.234 e. The molecule has 27 heavy (non-hydrogen) atoms. The normalized spacial score (nSPS) is 11.2. The summed E-state index contributed by atoms with van der Waals surface area (Å²) in [5.74, 6) is 0.548. The molecule has 0 unspecified atom stereocenters. The van der Waals surface area contributed by atoms with E-state index in [9.17, 15) is 4.79 Å². The van der Waals surface area contributed by atoms with Gasteiger partial charge in [0.15, 0.2) is 0 Å². The van der Waals surface area contributed by atoms with E-state index in [0.29, 0.717) is 11.1 Å². The summed E-state index contributed by atoms with van der Waals surface area (Å²) in [4.78, 5) is 12.3. The first-order valence-corrected chi connectivity index (χ1v) is 9.67. The minimum atomic E-state index is -0.121. The fourth-order valence-electron chi connectivity index (χ4n) is 2.69. The van der Waals surface area contributed by atoms with E-state index in [4.69, 9.17) is 0 Å². The van der Waals surface area contributed by atoms with Gasteiger partial charge in [0.2, 0.25) is 11.1 Å². The van der Waals surface area contributed by atoms with Crippen LogP contribution < -0.4 is 5.32 Å². The number of aryl methyl sites for hydroxylation is 2. The van der Waals surface area contributed by atoms with Crippen LogP contribution in [-0.4, -0.2) is 41.6 Å². The maximum atomic E-state index is 12.3. The number of hydrogen-bond acceptors (Lipinski definition) is 6. The quantitative estimate of drug-likeness (QED) is 0.656. The van der Waals surface area contributed by atoms with Crippen LogP contribution in [0.25, 0.3) is 5.69 Å². The number of tetrazole rings is 1. The first kappa shape index (κ1) is 19.1. The average Bonchev–Trinajstić information content (AvgIpc) is 3.20. The molecule has 0 atom stereocenters. The zero-order chi connectivity index (χ0) is 19.6. The van der Waals surface area contributed by atoms with E-state index in [-0.39, 0.29) is 11.7 Å². The number of thioether (sulfide) groups is 1. The van der Waals surface area contributed by atoms with Crippen LogP contribution in [0.1, 0.15) is 36.7 Å². The van der Waals surface area contributed by atoms with Crippen LogP contribution in [0, 0.1) is 13.8 Å². The van der Waals surface area contributed by atoms with Crippen molar-refractivity contribution in [2.75, 3.05) is 11.1 Å². The standard InChI is InChI=1S/C18H23N7OS/c1-11(2)14-6-8-15(9-7-14)25-18(20-22-23-25)27-10-16(26)19-17-12(3)21-24(5)13(17)4/h6-9,11H,10H2,1-5H3,(H,19,26). The number of carbonyl (C=O) groups is 1. The molecule has 0 radical (unpaired) electrons. The molecular weight excluding hydrogens is 362 g/mol. The Labute approximate surface area is 162 Å². The lowest BCUT2D eigenvalue weighted by atomic mass is 10.0. The molecule has 142 valence electrons. The predicted octanol–water partition coefficient (Wildman–Crippen LogP) is 2.87. The number of aromatic nitrogens is 6. The van der Waals surface area contributed by atoms with E-state index < -0.39 is 0 Å². The molecule has 3 aromatic rings. The highest BCUT2D eigenvalue weighted by Crippen LogP contribution is 2.22. The first-order chi connectivity index (χ1) is 12.9. The van der Waals surface area contributed by atoms with Crippen LogP contribution in [-0.2, 0) is 11.8 Å². The minimum absolute atomic E-state index is 0.121. The van der Waals surface area contributed by atoms with Crippen LogP contribution in [0.2, 0.25) is 0 Å². The number of amides is 1. The fourth-order valence-corrected chi connectivity index (χ4v) is 3.38. The van der Waals surface area contributed by atoms with E-state index in [1.807, 2.05) is 33.0 Å². The van der Waals surface area contributed by atoms with Gasteiger partial charge in [-0.2, -0.15) is 9.78 Å². The number of hydrogen-bond donors (Lipinski definition) is 1. The summed E-state index contributed by atoms with van der Waals surface area (Å²) >= 11 is 1.29. The van der Waals surface area contributed by atoms with Crippen molar-refractivity contribution in [1.29, 1.82) is 0 Å². The van der Waals surface area contributed by atoms with Gasteiger partial charge in [-0.15, -0.1) is 5.10 Å². The molecule has 1 N–H and O–H groups in total. The molecule has 1 amide bonds. The Hall–Kier alpha value is -2.68. The molecule has 0 saturated carbocycles. The number of carbonyl (C=O) groups excluding carboxylic acids is 1. The van der Waals surface area contributed by atoms with Crippen molar-refractivity contribution < 1.29 is 4.79 Å². The first-order valence-electron chi connectivity index (χ1n) is 8.68.